The monoisotopic (exact) mass is 652 g/mol. The van der Waals surface area contributed by atoms with Crippen LogP contribution in [0.2, 0.25) is 0 Å². The van der Waals surface area contributed by atoms with Gasteiger partial charge in [-0.1, -0.05) is 36.4 Å². The topological polar surface area (TPSA) is 161 Å². The smallest absolute Gasteiger partial charge is 0.338 e. The van der Waals surface area contributed by atoms with Crippen molar-refractivity contribution in [2.75, 3.05) is 6.61 Å². The van der Waals surface area contributed by atoms with E-state index in [1.54, 1.807) is 62.4 Å². The van der Waals surface area contributed by atoms with Crippen LogP contribution in [0.15, 0.2) is 60.7 Å². The Labute approximate surface area is 272 Å². The van der Waals surface area contributed by atoms with Gasteiger partial charge in [-0.2, -0.15) is 0 Å². The van der Waals surface area contributed by atoms with Crippen LogP contribution in [0.1, 0.15) is 75.1 Å². The minimum absolute atomic E-state index is 0.0258. The van der Waals surface area contributed by atoms with Crippen LogP contribution in [0.4, 0.5) is 0 Å². The maximum atomic E-state index is 13.9. The van der Waals surface area contributed by atoms with E-state index in [-0.39, 0.29) is 24.0 Å². The molecule has 252 valence electrons. The molecule has 12 heteroatoms. The maximum absolute atomic E-state index is 13.9. The maximum Gasteiger partial charge on any atom is 0.338 e. The lowest BCUT2D eigenvalue weighted by Crippen LogP contribution is -2.83. The molecule has 3 fully saturated rings. The summed E-state index contributed by atoms with van der Waals surface area (Å²) in [6.45, 7) is 7.71. The van der Waals surface area contributed by atoms with E-state index in [1.807, 2.05) is 0 Å². The largest absolute Gasteiger partial charge is 0.465 e. The van der Waals surface area contributed by atoms with Crippen molar-refractivity contribution in [3.63, 3.8) is 0 Å². The molecular formula is C35H40O12. The molecule has 5 rings (SSSR count). The van der Waals surface area contributed by atoms with Gasteiger partial charge in [-0.3, -0.25) is 14.4 Å². The Morgan fingerprint density at radius 2 is 1.28 bits per heavy atom. The van der Waals surface area contributed by atoms with Gasteiger partial charge >= 0.3 is 29.8 Å². The second-order valence-corrected chi connectivity index (χ2v) is 13.2. The molecule has 1 aliphatic heterocycles. The molecule has 1 saturated heterocycles. The number of rotatable bonds is 8. The molecule has 2 aromatic carbocycles. The predicted octanol–water partition coefficient (Wildman–Crippen LogP) is 3.57. The summed E-state index contributed by atoms with van der Waals surface area (Å²) in [7, 11) is 0. The van der Waals surface area contributed by atoms with E-state index in [2.05, 4.69) is 0 Å². The average molecular weight is 653 g/mol. The van der Waals surface area contributed by atoms with Gasteiger partial charge in [0.2, 0.25) is 0 Å². The minimum atomic E-state index is -2.03. The zero-order chi connectivity index (χ0) is 34.4. The zero-order valence-electron chi connectivity index (χ0n) is 27.2. The third-order valence-electron chi connectivity index (χ3n) is 9.68. The third-order valence-corrected chi connectivity index (χ3v) is 9.68. The number of benzene rings is 2. The summed E-state index contributed by atoms with van der Waals surface area (Å²) in [5, 5.41) is 12.5. The van der Waals surface area contributed by atoms with Gasteiger partial charge in [-0.05, 0) is 57.9 Å². The van der Waals surface area contributed by atoms with E-state index in [9.17, 15) is 29.1 Å². The summed E-state index contributed by atoms with van der Waals surface area (Å²) < 4.78 is 37.0. The van der Waals surface area contributed by atoms with E-state index in [0.717, 1.165) is 0 Å². The summed E-state index contributed by atoms with van der Waals surface area (Å²) in [6, 6.07) is 16.2. The molecule has 2 aliphatic carbocycles. The molecule has 1 spiro atoms. The van der Waals surface area contributed by atoms with Gasteiger partial charge in [0.05, 0.1) is 28.2 Å². The fraction of sp³-hybridized carbons (Fsp3) is 0.514. The summed E-state index contributed by atoms with van der Waals surface area (Å²) in [4.78, 5) is 65.8. The zero-order valence-corrected chi connectivity index (χ0v) is 27.2. The van der Waals surface area contributed by atoms with Crippen molar-refractivity contribution in [1.82, 2.24) is 0 Å². The third kappa shape index (κ3) is 5.67. The van der Waals surface area contributed by atoms with Crippen molar-refractivity contribution in [3.05, 3.63) is 71.8 Å². The number of carbonyl (C=O) groups excluding carboxylic acids is 5. The van der Waals surface area contributed by atoms with E-state index >= 15 is 0 Å². The van der Waals surface area contributed by atoms with Crippen LogP contribution in [0.25, 0.3) is 0 Å². The first-order valence-corrected chi connectivity index (χ1v) is 15.5. The van der Waals surface area contributed by atoms with Crippen molar-refractivity contribution in [2.24, 2.45) is 11.3 Å². The van der Waals surface area contributed by atoms with Crippen molar-refractivity contribution < 1.29 is 57.5 Å². The summed E-state index contributed by atoms with van der Waals surface area (Å²) >= 11 is 0. The molecule has 1 N–H and O–H groups in total. The molecule has 3 aliphatic rings. The Balaban J connectivity index is 1.83. The van der Waals surface area contributed by atoms with Gasteiger partial charge in [-0.15, -0.1) is 0 Å². The SMILES string of the molecule is CC(=O)OC[C@]12[C@H](OC(=O)c3ccccc3)CC[C@@](C)(O)[C@@]13OC(C)(C)[C@@H]([C@@H](OC(C)=O)[C@@H]2OC(=O)c1ccccc1)[C@@H]3OC(C)=O. The highest BCUT2D eigenvalue weighted by Gasteiger charge is 2.87. The van der Waals surface area contributed by atoms with E-state index < -0.39 is 89.0 Å². The first kappa shape index (κ1) is 34.1. The first-order valence-electron chi connectivity index (χ1n) is 15.5. The van der Waals surface area contributed by atoms with Gasteiger partial charge in [0.1, 0.15) is 30.3 Å². The molecule has 0 amide bonds. The van der Waals surface area contributed by atoms with Gasteiger partial charge in [0, 0.05) is 20.8 Å². The average Bonchev–Trinajstić information content (AvgIpc) is 3.20. The highest BCUT2D eigenvalue weighted by Crippen LogP contribution is 2.69. The number of ether oxygens (including phenoxy) is 6. The number of fused-ring (bicyclic) bond motifs is 1. The number of hydrogen-bond acceptors (Lipinski definition) is 12. The van der Waals surface area contributed by atoms with E-state index in [4.69, 9.17) is 28.4 Å². The Hall–Kier alpha value is -4.29. The molecule has 12 nitrogen and oxygen atoms in total. The van der Waals surface area contributed by atoms with Crippen LogP contribution in [0.5, 0.6) is 0 Å². The lowest BCUT2D eigenvalue weighted by molar-refractivity contribution is -0.347. The van der Waals surface area contributed by atoms with Gasteiger partial charge in [0.25, 0.3) is 0 Å². The highest BCUT2D eigenvalue weighted by molar-refractivity contribution is 5.90. The number of carbonyl (C=O) groups is 5. The molecule has 0 unspecified atom stereocenters. The lowest BCUT2D eigenvalue weighted by Gasteiger charge is -2.65. The van der Waals surface area contributed by atoms with Gasteiger partial charge < -0.3 is 33.5 Å². The van der Waals surface area contributed by atoms with Crippen LogP contribution in [0, 0.1) is 11.3 Å². The van der Waals surface area contributed by atoms with Crippen molar-refractivity contribution in [2.45, 2.75) is 95.6 Å². The van der Waals surface area contributed by atoms with Gasteiger partial charge in [-0.25, -0.2) is 9.59 Å². The molecule has 1 heterocycles. The Morgan fingerprint density at radius 3 is 1.79 bits per heavy atom. The molecule has 0 aromatic heterocycles. The van der Waals surface area contributed by atoms with Crippen LogP contribution in [-0.2, 0) is 42.8 Å². The highest BCUT2D eigenvalue weighted by atomic mass is 16.6. The molecule has 0 radical (unpaired) electrons. The van der Waals surface area contributed by atoms with Crippen molar-refractivity contribution >= 4 is 29.8 Å². The Morgan fingerprint density at radius 1 is 0.745 bits per heavy atom. The number of hydrogen-bond donors (Lipinski definition) is 1. The van der Waals surface area contributed by atoms with Crippen LogP contribution >= 0.6 is 0 Å². The standard InChI is InChI=1S/C35H40O12/c1-20(36)42-19-34-25(45-30(39)23-13-9-7-10-14-23)17-18-33(6,41)35(34)28(44-22(3)38)26(32(4,5)47-35)27(43-21(2)37)29(34)46-31(40)24-15-11-8-12-16-24/h7-16,25-29,41H,17-19H2,1-6H3/t25-,26+,27-,28+,29+,33-,34-,35-/m1/s1. The first-order chi connectivity index (χ1) is 22.1. The second kappa shape index (κ2) is 12.4. The Kier molecular flexibility index (Phi) is 8.97. The number of esters is 5. The normalized spacial score (nSPS) is 33.5. The van der Waals surface area contributed by atoms with E-state index in [0.29, 0.717) is 0 Å². The van der Waals surface area contributed by atoms with Gasteiger partial charge in [0.15, 0.2) is 11.7 Å². The lowest BCUT2D eigenvalue weighted by atomic mass is 9.46. The second-order valence-electron chi connectivity index (χ2n) is 13.2. The summed E-state index contributed by atoms with van der Waals surface area (Å²) in [6.07, 6.45) is -5.65. The fourth-order valence-electron chi connectivity index (χ4n) is 8.01. The molecule has 47 heavy (non-hydrogen) atoms. The molecule has 2 saturated carbocycles. The van der Waals surface area contributed by atoms with Crippen LogP contribution in [0.3, 0.4) is 0 Å². The molecular weight excluding hydrogens is 612 g/mol. The minimum Gasteiger partial charge on any atom is -0.465 e. The van der Waals surface area contributed by atoms with Crippen molar-refractivity contribution in [3.8, 4) is 0 Å². The molecule has 8 atom stereocenters. The molecule has 2 aromatic rings. The fourth-order valence-corrected chi connectivity index (χ4v) is 8.01. The Bertz CT molecular complexity index is 1540. The quantitative estimate of drug-likeness (QED) is 0.327. The predicted molar refractivity (Wildman–Crippen MR) is 163 cm³/mol. The number of aliphatic hydroxyl groups is 1. The summed E-state index contributed by atoms with van der Waals surface area (Å²) in [5.41, 5.74) is -6.86. The van der Waals surface area contributed by atoms with Crippen LogP contribution in [-0.4, -0.2) is 82.8 Å². The van der Waals surface area contributed by atoms with E-state index in [1.165, 1.54) is 39.8 Å². The summed E-state index contributed by atoms with van der Waals surface area (Å²) in [5.74, 6) is -4.82. The van der Waals surface area contributed by atoms with Crippen LogP contribution < -0.4 is 0 Å². The molecule has 2 bridgehead atoms. The van der Waals surface area contributed by atoms with Crippen molar-refractivity contribution in [1.29, 1.82) is 0 Å².